The zero-order chi connectivity index (χ0) is 19.8. The Kier molecular flexibility index (Phi) is 4.98. The van der Waals surface area contributed by atoms with Crippen LogP contribution in [0.3, 0.4) is 0 Å². The first-order valence-electron chi connectivity index (χ1n) is 9.96. The second kappa shape index (κ2) is 7.43. The van der Waals surface area contributed by atoms with Gasteiger partial charge in [0.25, 0.3) is 0 Å². The van der Waals surface area contributed by atoms with E-state index >= 15 is 0 Å². The molecule has 2 atom stereocenters. The minimum Gasteiger partial charge on any atom is -0.459 e. The number of aryl methyl sites for hydroxylation is 3. The molecular weight excluding hydrogens is 352 g/mol. The molecule has 1 saturated heterocycles. The molecule has 0 radical (unpaired) electrons. The van der Waals surface area contributed by atoms with Crippen LogP contribution in [-0.4, -0.2) is 40.9 Å². The van der Waals surface area contributed by atoms with Crippen LogP contribution in [0.1, 0.15) is 41.4 Å². The SMILES string of the molecule is CCc1nc([C@@H]2CN(C)C[C@H]2C(=O)NCc2oc3ccccc3c2C)c(C)[nH]1. The molecular formula is C22H28N4O2. The molecule has 148 valence electrons. The number of benzene rings is 1. The van der Waals surface area contributed by atoms with Gasteiger partial charge in [-0.2, -0.15) is 0 Å². The molecule has 0 spiro atoms. The first kappa shape index (κ1) is 18.7. The number of aromatic nitrogens is 2. The summed E-state index contributed by atoms with van der Waals surface area (Å²) in [5, 5.41) is 4.21. The van der Waals surface area contributed by atoms with E-state index in [2.05, 4.69) is 29.2 Å². The Balaban J connectivity index is 1.51. The number of furan rings is 1. The number of amides is 1. The van der Waals surface area contributed by atoms with Crippen LogP contribution in [0.4, 0.5) is 0 Å². The van der Waals surface area contributed by atoms with E-state index in [4.69, 9.17) is 9.40 Å². The van der Waals surface area contributed by atoms with E-state index in [1.807, 2.05) is 38.1 Å². The fraction of sp³-hybridized carbons (Fsp3) is 0.455. The molecule has 1 aromatic carbocycles. The van der Waals surface area contributed by atoms with Gasteiger partial charge in [-0.25, -0.2) is 4.98 Å². The highest BCUT2D eigenvalue weighted by Gasteiger charge is 2.39. The van der Waals surface area contributed by atoms with Crippen molar-refractivity contribution in [1.29, 1.82) is 0 Å². The molecule has 6 nitrogen and oxygen atoms in total. The molecule has 0 saturated carbocycles. The Labute approximate surface area is 165 Å². The highest BCUT2D eigenvalue weighted by atomic mass is 16.3. The van der Waals surface area contributed by atoms with Gasteiger partial charge in [0.15, 0.2) is 0 Å². The minimum atomic E-state index is -0.110. The summed E-state index contributed by atoms with van der Waals surface area (Å²) < 4.78 is 5.94. The van der Waals surface area contributed by atoms with Gasteiger partial charge in [0.05, 0.1) is 18.2 Å². The molecule has 1 aliphatic heterocycles. The van der Waals surface area contributed by atoms with Crippen LogP contribution in [0.2, 0.25) is 0 Å². The third-order valence-corrected chi connectivity index (χ3v) is 5.86. The van der Waals surface area contributed by atoms with Gasteiger partial charge in [0.1, 0.15) is 17.2 Å². The Morgan fingerprint density at radius 2 is 2.11 bits per heavy atom. The molecule has 0 aliphatic carbocycles. The van der Waals surface area contributed by atoms with Crippen LogP contribution in [0, 0.1) is 19.8 Å². The molecule has 4 rings (SSSR count). The first-order chi connectivity index (χ1) is 13.5. The second-order valence-electron chi connectivity index (χ2n) is 7.85. The highest BCUT2D eigenvalue weighted by Crippen LogP contribution is 2.33. The van der Waals surface area contributed by atoms with Crippen LogP contribution in [0.25, 0.3) is 11.0 Å². The number of fused-ring (bicyclic) bond motifs is 1. The van der Waals surface area contributed by atoms with Gasteiger partial charge in [0.2, 0.25) is 5.91 Å². The van der Waals surface area contributed by atoms with E-state index in [9.17, 15) is 4.79 Å². The number of para-hydroxylation sites is 1. The fourth-order valence-corrected chi connectivity index (χ4v) is 4.30. The average molecular weight is 380 g/mol. The van der Waals surface area contributed by atoms with Gasteiger partial charge in [0, 0.05) is 42.1 Å². The van der Waals surface area contributed by atoms with Crippen LogP contribution >= 0.6 is 0 Å². The van der Waals surface area contributed by atoms with Crippen molar-refractivity contribution >= 4 is 16.9 Å². The van der Waals surface area contributed by atoms with Crippen molar-refractivity contribution in [2.45, 2.75) is 39.7 Å². The largest absolute Gasteiger partial charge is 0.459 e. The quantitative estimate of drug-likeness (QED) is 0.712. The molecule has 28 heavy (non-hydrogen) atoms. The number of likely N-dealkylation sites (tertiary alicyclic amines) is 1. The van der Waals surface area contributed by atoms with Crippen molar-refractivity contribution < 1.29 is 9.21 Å². The predicted octanol–water partition coefficient (Wildman–Crippen LogP) is 3.30. The summed E-state index contributed by atoms with van der Waals surface area (Å²) in [4.78, 5) is 23.4. The van der Waals surface area contributed by atoms with Crippen molar-refractivity contribution in [2.75, 3.05) is 20.1 Å². The molecule has 0 unspecified atom stereocenters. The zero-order valence-electron chi connectivity index (χ0n) is 17.0. The van der Waals surface area contributed by atoms with E-state index in [0.29, 0.717) is 6.54 Å². The molecule has 3 heterocycles. The van der Waals surface area contributed by atoms with Crippen molar-refractivity contribution in [1.82, 2.24) is 20.2 Å². The number of carbonyl (C=O) groups excluding carboxylic acids is 1. The summed E-state index contributed by atoms with van der Waals surface area (Å²) in [6, 6.07) is 7.97. The van der Waals surface area contributed by atoms with Gasteiger partial charge < -0.3 is 19.6 Å². The van der Waals surface area contributed by atoms with E-state index in [1.54, 1.807) is 0 Å². The standard InChI is InChI=1S/C22H28N4O2/c1-5-20-24-14(3)21(25-20)16-11-26(4)12-17(16)22(27)23-10-19-13(2)15-8-6-7-9-18(15)28-19/h6-9,16-17H,5,10-12H2,1-4H3,(H,23,27)(H,24,25)/t16-,17-/m1/s1. The molecule has 0 bridgehead atoms. The number of hydrogen-bond donors (Lipinski definition) is 2. The summed E-state index contributed by atoms with van der Waals surface area (Å²) in [5.41, 5.74) is 4.05. The van der Waals surface area contributed by atoms with Crippen molar-refractivity contribution in [2.24, 2.45) is 5.92 Å². The third-order valence-electron chi connectivity index (χ3n) is 5.86. The van der Waals surface area contributed by atoms with Gasteiger partial charge in [-0.15, -0.1) is 0 Å². The van der Waals surface area contributed by atoms with E-state index in [1.165, 1.54) is 0 Å². The number of imidazole rings is 1. The number of H-pyrrole nitrogens is 1. The lowest BCUT2D eigenvalue weighted by molar-refractivity contribution is -0.125. The number of rotatable bonds is 5. The Morgan fingerprint density at radius 1 is 1.32 bits per heavy atom. The second-order valence-corrected chi connectivity index (χ2v) is 7.85. The molecule has 2 N–H and O–H groups in total. The van der Waals surface area contributed by atoms with Gasteiger partial charge >= 0.3 is 0 Å². The number of nitrogens with one attached hydrogen (secondary N) is 2. The van der Waals surface area contributed by atoms with Gasteiger partial charge in [-0.3, -0.25) is 4.79 Å². The molecule has 1 fully saturated rings. The maximum absolute atomic E-state index is 13.0. The molecule has 1 aliphatic rings. The number of carbonyl (C=O) groups is 1. The number of nitrogens with zero attached hydrogens (tertiary/aromatic N) is 2. The van der Waals surface area contributed by atoms with Crippen LogP contribution in [0.15, 0.2) is 28.7 Å². The Bertz CT molecular complexity index is 1000. The van der Waals surface area contributed by atoms with Crippen molar-refractivity contribution in [3.05, 3.63) is 52.8 Å². The molecule has 2 aromatic heterocycles. The van der Waals surface area contributed by atoms with E-state index in [0.717, 1.165) is 59.0 Å². The lowest BCUT2D eigenvalue weighted by atomic mass is 9.91. The Morgan fingerprint density at radius 3 is 2.82 bits per heavy atom. The van der Waals surface area contributed by atoms with Crippen molar-refractivity contribution in [3.63, 3.8) is 0 Å². The minimum absolute atomic E-state index is 0.0645. The number of hydrogen-bond acceptors (Lipinski definition) is 4. The molecule has 1 amide bonds. The first-order valence-corrected chi connectivity index (χ1v) is 9.96. The maximum Gasteiger partial charge on any atom is 0.225 e. The smallest absolute Gasteiger partial charge is 0.225 e. The van der Waals surface area contributed by atoms with Crippen molar-refractivity contribution in [3.8, 4) is 0 Å². The van der Waals surface area contributed by atoms with Crippen LogP contribution in [-0.2, 0) is 17.8 Å². The van der Waals surface area contributed by atoms with Gasteiger partial charge in [-0.1, -0.05) is 25.1 Å². The van der Waals surface area contributed by atoms with Gasteiger partial charge in [-0.05, 0) is 27.0 Å². The Hall–Kier alpha value is -2.60. The third kappa shape index (κ3) is 3.33. The lowest BCUT2D eigenvalue weighted by Gasteiger charge is -2.17. The van der Waals surface area contributed by atoms with E-state index in [-0.39, 0.29) is 17.7 Å². The summed E-state index contributed by atoms with van der Waals surface area (Å²) in [6.07, 6.45) is 0.867. The summed E-state index contributed by atoms with van der Waals surface area (Å²) in [6.45, 7) is 8.17. The molecule has 3 aromatic rings. The predicted molar refractivity (Wildman–Crippen MR) is 109 cm³/mol. The van der Waals surface area contributed by atoms with E-state index < -0.39 is 0 Å². The number of aromatic amines is 1. The fourth-order valence-electron chi connectivity index (χ4n) is 4.30. The summed E-state index contributed by atoms with van der Waals surface area (Å²) in [7, 11) is 2.06. The summed E-state index contributed by atoms with van der Waals surface area (Å²) >= 11 is 0. The van der Waals surface area contributed by atoms with Crippen LogP contribution in [0.5, 0.6) is 0 Å². The topological polar surface area (TPSA) is 74.2 Å². The molecule has 6 heteroatoms. The normalized spacial score (nSPS) is 20.1. The lowest BCUT2D eigenvalue weighted by Crippen LogP contribution is -2.34. The van der Waals surface area contributed by atoms with Crippen LogP contribution < -0.4 is 5.32 Å². The monoisotopic (exact) mass is 380 g/mol. The maximum atomic E-state index is 13.0. The number of likely N-dealkylation sites (N-methyl/N-ethyl adjacent to an activating group) is 1. The average Bonchev–Trinajstić information content (AvgIpc) is 3.35. The summed E-state index contributed by atoms with van der Waals surface area (Å²) in [5.74, 6) is 1.87. The highest BCUT2D eigenvalue weighted by molar-refractivity contribution is 5.83. The zero-order valence-corrected chi connectivity index (χ0v) is 17.0.